The summed E-state index contributed by atoms with van der Waals surface area (Å²) in [6, 6.07) is 4.50. The zero-order valence-corrected chi connectivity index (χ0v) is 9.02. The van der Waals surface area contributed by atoms with Crippen LogP contribution in [-0.2, 0) is 6.54 Å². The van der Waals surface area contributed by atoms with E-state index < -0.39 is 0 Å². The van der Waals surface area contributed by atoms with Crippen molar-refractivity contribution in [3.8, 4) is 0 Å². The first kappa shape index (κ1) is 10.7. The van der Waals surface area contributed by atoms with E-state index in [2.05, 4.69) is 17.1 Å². The van der Waals surface area contributed by atoms with Gasteiger partial charge in [0.25, 0.3) is 0 Å². The topological polar surface area (TPSA) is 48.6 Å². The van der Waals surface area contributed by atoms with Crippen LogP contribution in [0.4, 0.5) is 0 Å². The quantitative estimate of drug-likeness (QED) is 0.760. The van der Waals surface area contributed by atoms with Gasteiger partial charge in [-0.15, -0.1) is 0 Å². The molecule has 2 heterocycles. The number of hydrogen-bond acceptors (Lipinski definition) is 4. The van der Waals surface area contributed by atoms with Crippen LogP contribution in [-0.4, -0.2) is 41.8 Å². The van der Waals surface area contributed by atoms with Gasteiger partial charge in [-0.2, -0.15) is 0 Å². The molecule has 0 radical (unpaired) electrons. The van der Waals surface area contributed by atoms with Gasteiger partial charge in [-0.3, -0.25) is 4.90 Å². The highest BCUT2D eigenvalue weighted by molar-refractivity contribution is 4.99. The van der Waals surface area contributed by atoms with Crippen LogP contribution >= 0.6 is 0 Å². The molecule has 0 spiro atoms. The minimum Gasteiger partial charge on any atom is -0.468 e. The summed E-state index contributed by atoms with van der Waals surface area (Å²) in [6.07, 6.45) is 1.70. The van der Waals surface area contributed by atoms with Crippen LogP contribution in [0.5, 0.6) is 0 Å². The van der Waals surface area contributed by atoms with Crippen molar-refractivity contribution in [2.24, 2.45) is 0 Å². The van der Waals surface area contributed by atoms with E-state index in [0.717, 1.165) is 25.4 Å². The van der Waals surface area contributed by atoms with Crippen LogP contribution < -0.4 is 5.32 Å². The van der Waals surface area contributed by atoms with E-state index in [1.807, 2.05) is 12.1 Å². The molecule has 2 atom stereocenters. The van der Waals surface area contributed by atoms with Gasteiger partial charge < -0.3 is 14.8 Å². The highest BCUT2D eigenvalue weighted by Gasteiger charge is 2.23. The lowest BCUT2D eigenvalue weighted by Gasteiger charge is -2.36. The molecule has 2 rings (SSSR count). The summed E-state index contributed by atoms with van der Waals surface area (Å²) in [5, 5.41) is 12.5. The van der Waals surface area contributed by atoms with E-state index in [9.17, 15) is 0 Å². The Kier molecular flexibility index (Phi) is 3.41. The number of nitrogens with zero attached hydrogens (tertiary/aromatic N) is 1. The molecule has 15 heavy (non-hydrogen) atoms. The molecule has 4 heteroatoms. The second kappa shape index (κ2) is 4.79. The van der Waals surface area contributed by atoms with Crippen LogP contribution in [0.2, 0.25) is 0 Å². The molecule has 2 unspecified atom stereocenters. The maximum atomic E-state index is 9.14. The SMILES string of the molecule is CC1CN(Cc2ccco2)CC(CO)N1. The number of furan rings is 1. The average Bonchev–Trinajstić information content (AvgIpc) is 2.69. The van der Waals surface area contributed by atoms with Crippen molar-refractivity contribution in [3.63, 3.8) is 0 Å². The Morgan fingerprint density at radius 2 is 2.47 bits per heavy atom. The average molecular weight is 210 g/mol. The van der Waals surface area contributed by atoms with Gasteiger partial charge in [0, 0.05) is 25.2 Å². The van der Waals surface area contributed by atoms with E-state index in [4.69, 9.17) is 9.52 Å². The molecule has 1 fully saturated rings. The van der Waals surface area contributed by atoms with E-state index >= 15 is 0 Å². The summed E-state index contributed by atoms with van der Waals surface area (Å²) < 4.78 is 5.32. The molecule has 1 aliphatic rings. The predicted octanol–water partition coefficient (Wildman–Crippen LogP) is 0.434. The lowest BCUT2D eigenvalue weighted by molar-refractivity contribution is 0.114. The Balaban J connectivity index is 1.91. The molecule has 0 saturated carbocycles. The largest absolute Gasteiger partial charge is 0.468 e. The third-order valence-corrected chi connectivity index (χ3v) is 2.71. The number of piperazine rings is 1. The Bertz CT molecular complexity index is 287. The highest BCUT2D eigenvalue weighted by atomic mass is 16.3. The van der Waals surface area contributed by atoms with Gasteiger partial charge in [0.1, 0.15) is 5.76 Å². The number of nitrogens with one attached hydrogen (secondary N) is 1. The number of aliphatic hydroxyl groups is 1. The molecule has 1 aromatic heterocycles. The summed E-state index contributed by atoms with van der Waals surface area (Å²) in [5.41, 5.74) is 0. The maximum Gasteiger partial charge on any atom is 0.117 e. The zero-order valence-electron chi connectivity index (χ0n) is 9.02. The van der Waals surface area contributed by atoms with Crippen molar-refractivity contribution in [1.29, 1.82) is 0 Å². The van der Waals surface area contributed by atoms with Crippen LogP contribution in [0, 0.1) is 0 Å². The van der Waals surface area contributed by atoms with E-state index in [-0.39, 0.29) is 12.6 Å². The molecule has 0 aliphatic carbocycles. The standard InChI is InChI=1S/C11H18N2O2/c1-9-5-13(6-10(8-14)12-9)7-11-3-2-4-15-11/h2-4,9-10,12,14H,5-8H2,1H3. The fourth-order valence-electron chi connectivity index (χ4n) is 2.14. The van der Waals surface area contributed by atoms with Crippen molar-refractivity contribution in [2.75, 3.05) is 19.7 Å². The van der Waals surface area contributed by atoms with Crippen molar-refractivity contribution < 1.29 is 9.52 Å². The monoisotopic (exact) mass is 210 g/mol. The van der Waals surface area contributed by atoms with Crippen molar-refractivity contribution in [1.82, 2.24) is 10.2 Å². The summed E-state index contributed by atoms with van der Waals surface area (Å²) in [5.74, 6) is 0.987. The summed E-state index contributed by atoms with van der Waals surface area (Å²) in [7, 11) is 0. The molecular weight excluding hydrogens is 192 g/mol. The Morgan fingerprint density at radius 1 is 1.60 bits per heavy atom. The molecule has 1 aromatic rings. The number of rotatable bonds is 3. The summed E-state index contributed by atoms with van der Waals surface area (Å²) >= 11 is 0. The third kappa shape index (κ3) is 2.81. The van der Waals surface area contributed by atoms with Crippen molar-refractivity contribution >= 4 is 0 Å². The zero-order chi connectivity index (χ0) is 10.7. The predicted molar refractivity (Wildman–Crippen MR) is 57.5 cm³/mol. The molecule has 0 bridgehead atoms. The van der Waals surface area contributed by atoms with Crippen LogP contribution in [0.25, 0.3) is 0 Å². The minimum atomic E-state index is 0.184. The molecule has 0 amide bonds. The van der Waals surface area contributed by atoms with Gasteiger partial charge >= 0.3 is 0 Å². The third-order valence-electron chi connectivity index (χ3n) is 2.71. The molecule has 1 saturated heterocycles. The van der Waals surface area contributed by atoms with Crippen LogP contribution in [0.3, 0.4) is 0 Å². The second-order valence-corrected chi connectivity index (χ2v) is 4.22. The molecule has 1 aliphatic heterocycles. The fraction of sp³-hybridized carbons (Fsp3) is 0.636. The van der Waals surface area contributed by atoms with Crippen LogP contribution in [0.15, 0.2) is 22.8 Å². The van der Waals surface area contributed by atoms with Gasteiger partial charge in [0.15, 0.2) is 0 Å². The summed E-state index contributed by atoms with van der Waals surface area (Å²) in [4.78, 5) is 2.31. The molecule has 2 N–H and O–H groups in total. The smallest absolute Gasteiger partial charge is 0.117 e. The second-order valence-electron chi connectivity index (χ2n) is 4.22. The highest BCUT2D eigenvalue weighted by Crippen LogP contribution is 2.10. The Hall–Kier alpha value is -0.840. The van der Waals surface area contributed by atoms with E-state index in [1.165, 1.54) is 0 Å². The van der Waals surface area contributed by atoms with Gasteiger partial charge in [-0.25, -0.2) is 0 Å². The molecule has 4 nitrogen and oxygen atoms in total. The first-order valence-electron chi connectivity index (χ1n) is 5.39. The van der Waals surface area contributed by atoms with Gasteiger partial charge in [0.05, 0.1) is 19.4 Å². The molecule has 0 aromatic carbocycles. The number of aliphatic hydroxyl groups excluding tert-OH is 1. The van der Waals surface area contributed by atoms with Crippen LogP contribution in [0.1, 0.15) is 12.7 Å². The maximum absolute atomic E-state index is 9.14. The lowest BCUT2D eigenvalue weighted by atomic mass is 10.1. The lowest BCUT2D eigenvalue weighted by Crippen LogP contribution is -2.56. The van der Waals surface area contributed by atoms with Gasteiger partial charge in [-0.05, 0) is 19.1 Å². The van der Waals surface area contributed by atoms with Gasteiger partial charge in [-0.1, -0.05) is 0 Å². The first-order valence-corrected chi connectivity index (χ1v) is 5.39. The molecule has 84 valence electrons. The van der Waals surface area contributed by atoms with E-state index in [1.54, 1.807) is 6.26 Å². The summed E-state index contributed by atoms with van der Waals surface area (Å²) in [6.45, 7) is 5.03. The fourth-order valence-corrected chi connectivity index (χ4v) is 2.14. The van der Waals surface area contributed by atoms with Crippen molar-refractivity contribution in [3.05, 3.63) is 24.2 Å². The first-order chi connectivity index (χ1) is 7.28. The number of hydrogen-bond donors (Lipinski definition) is 2. The Labute approximate surface area is 89.9 Å². The van der Waals surface area contributed by atoms with E-state index in [0.29, 0.717) is 6.04 Å². The van der Waals surface area contributed by atoms with Crippen molar-refractivity contribution in [2.45, 2.75) is 25.6 Å². The minimum absolute atomic E-state index is 0.184. The normalized spacial score (nSPS) is 28.1. The Morgan fingerprint density at radius 3 is 3.13 bits per heavy atom. The van der Waals surface area contributed by atoms with Gasteiger partial charge in [0.2, 0.25) is 0 Å². The molecular formula is C11H18N2O2.